The number of rotatable bonds is 65. The van der Waals surface area contributed by atoms with Crippen LogP contribution in [0.1, 0.15) is 386 Å². The van der Waals surface area contributed by atoms with Gasteiger partial charge in [0.25, 0.3) is 0 Å². The van der Waals surface area contributed by atoms with Crippen molar-refractivity contribution in [3.63, 3.8) is 0 Å². The first-order chi connectivity index (χ1) is 37.5. The molecule has 2 atom stereocenters. The van der Waals surface area contributed by atoms with Crippen molar-refractivity contribution in [3.05, 3.63) is 24.3 Å². The van der Waals surface area contributed by atoms with Gasteiger partial charge in [0.05, 0.1) is 25.4 Å². The van der Waals surface area contributed by atoms with Gasteiger partial charge in [0.2, 0.25) is 5.91 Å². The summed E-state index contributed by atoms with van der Waals surface area (Å²) in [6.07, 6.45) is 82.6. The van der Waals surface area contributed by atoms with Crippen molar-refractivity contribution in [1.29, 1.82) is 0 Å². The lowest BCUT2D eigenvalue weighted by Gasteiger charge is -2.20. The van der Waals surface area contributed by atoms with Gasteiger partial charge in [-0.2, -0.15) is 0 Å². The normalized spacial score (nSPS) is 12.6. The van der Waals surface area contributed by atoms with Gasteiger partial charge in [-0.05, 0) is 57.8 Å². The minimum Gasteiger partial charge on any atom is -0.466 e. The van der Waals surface area contributed by atoms with Crippen molar-refractivity contribution in [2.75, 3.05) is 13.2 Å². The van der Waals surface area contributed by atoms with E-state index in [1.165, 1.54) is 315 Å². The Labute approximate surface area is 475 Å². The SMILES string of the molecule is CCCCC/C=C\CCCCCCCC(=O)OCCCCCCCCCCCCCCCCCCCCCCCCCCCCCCCC(=O)NC(CO)C(O)/C=C/CCCCCCCCCCCCCCCCCC. The third-order valence-corrected chi connectivity index (χ3v) is 16.2. The molecule has 0 aromatic heterocycles. The fraction of sp³-hybridized carbons (Fsp3) is 0.914. The van der Waals surface area contributed by atoms with Gasteiger partial charge in [-0.25, -0.2) is 0 Å². The van der Waals surface area contributed by atoms with Crippen molar-refractivity contribution >= 4 is 11.9 Å². The maximum absolute atomic E-state index is 12.5. The standard InChI is InChI=1S/C70H135NO5/c1-3-5-7-9-11-13-15-17-18-19-33-36-39-42-46-50-54-58-62-68(73)67(66-72)71-69(74)63-59-55-51-47-43-40-37-34-31-29-27-25-23-21-20-22-24-26-28-30-32-35-38-41-45-49-53-57-61-65-76-70(75)64-60-56-52-48-44-16-14-12-10-8-6-4-2/h12,14,58,62,67-68,72-73H,3-11,13,15-57,59-61,63-66H2,1-2H3,(H,71,74)/b14-12-,62-58+. The van der Waals surface area contributed by atoms with E-state index in [2.05, 4.69) is 31.3 Å². The molecule has 76 heavy (non-hydrogen) atoms. The van der Waals surface area contributed by atoms with Crippen molar-refractivity contribution in [1.82, 2.24) is 5.32 Å². The summed E-state index contributed by atoms with van der Waals surface area (Å²) < 4.78 is 5.47. The van der Waals surface area contributed by atoms with Crippen molar-refractivity contribution < 1.29 is 24.5 Å². The van der Waals surface area contributed by atoms with E-state index in [-0.39, 0.29) is 18.5 Å². The number of allylic oxidation sites excluding steroid dienone is 3. The Morgan fingerprint density at radius 1 is 0.355 bits per heavy atom. The maximum atomic E-state index is 12.5. The van der Waals surface area contributed by atoms with Crippen LogP contribution in [-0.4, -0.2) is 47.4 Å². The summed E-state index contributed by atoms with van der Waals surface area (Å²) in [6, 6.07) is -0.625. The number of carbonyl (C=O) groups is 2. The van der Waals surface area contributed by atoms with E-state index in [4.69, 9.17) is 4.74 Å². The Morgan fingerprint density at radius 3 is 0.961 bits per heavy atom. The highest BCUT2D eigenvalue weighted by Crippen LogP contribution is 2.19. The predicted molar refractivity (Wildman–Crippen MR) is 333 cm³/mol. The third kappa shape index (κ3) is 61.6. The Kier molecular flexibility index (Phi) is 64.4. The molecule has 0 aliphatic carbocycles. The molecule has 0 bridgehead atoms. The summed E-state index contributed by atoms with van der Waals surface area (Å²) in [4.78, 5) is 24.5. The van der Waals surface area contributed by atoms with E-state index in [9.17, 15) is 19.8 Å². The Morgan fingerprint density at radius 2 is 0.618 bits per heavy atom. The molecule has 6 nitrogen and oxygen atoms in total. The van der Waals surface area contributed by atoms with Crippen LogP contribution < -0.4 is 5.32 Å². The number of amides is 1. The smallest absolute Gasteiger partial charge is 0.305 e. The molecule has 0 saturated carbocycles. The summed E-state index contributed by atoms with van der Waals surface area (Å²) in [5.74, 6) is -0.0516. The van der Waals surface area contributed by atoms with Crippen LogP contribution in [0.2, 0.25) is 0 Å². The third-order valence-electron chi connectivity index (χ3n) is 16.2. The Hall–Kier alpha value is -1.66. The quantitative estimate of drug-likeness (QED) is 0.0320. The molecular weight excluding hydrogens is 935 g/mol. The van der Waals surface area contributed by atoms with E-state index in [1.807, 2.05) is 6.08 Å². The highest BCUT2D eigenvalue weighted by Gasteiger charge is 2.18. The topological polar surface area (TPSA) is 95.9 Å². The van der Waals surface area contributed by atoms with Gasteiger partial charge in [-0.15, -0.1) is 0 Å². The van der Waals surface area contributed by atoms with Crippen molar-refractivity contribution in [2.24, 2.45) is 0 Å². The van der Waals surface area contributed by atoms with E-state index < -0.39 is 12.1 Å². The Bertz CT molecular complexity index is 1190. The zero-order valence-electron chi connectivity index (χ0n) is 51.5. The summed E-state index contributed by atoms with van der Waals surface area (Å²) in [6.45, 7) is 4.91. The molecule has 2 unspecified atom stereocenters. The van der Waals surface area contributed by atoms with Crippen LogP contribution in [0.25, 0.3) is 0 Å². The summed E-state index contributed by atoms with van der Waals surface area (Å²) in [5.41, 5.74) is 0. The van der Waals surface area contributed by atoms with Gasteiger partial charge in [0.1, 0.15) is 0 Å². The summed E-state index contributed by atoms with van der Waals surface area (Å²) in [7, 11) is 0. The van der Waals surface area contributed by atoms with E-state index in [0.29, 0.717) is 19.4 Å². The van der Waals surface area contributed by atoms with Crippen LogP contribution in [-0.2, 0) is 14.3 Å². The van der Waals surface area contributed by atoms with Gasteiger partial charge in [-0.3, -0.25) is 9.59 Å². The predicted octanol–water partition coefficient (Wildman–Crippen LogP) is 22.1. The van der Waals surface area contributed by atoms with Crippen LogP contribution in [0.4, 0.5) is 0 Å². The van der Waals surface area contributed by atoms with Gasteiger partial charge in [0.15, 0.2) is 0 Å². The number of carbonyl (C=O) groups excluding carboxylic acids is 2. The maximum Gasteiger partial charge on any atom is 0.305 e. The second-order valence-corrected chi connectivity index (χ2v) is 23.9. The molecule has 0 aliphatic rings. The van der Waals surface area contributed by atoms with E-state index >= 15 is 0 Å². The zero-order valence-corrected chi connectivity index (χ0v) is 51.5. The van der Waals surface area contributed by atoms with Gasteiger partial charge in [-0.1, -0.05) is 340 Å². The molecule has 0 spiro atoms. The first kappa shape index (κ1) is 74.3. The lowest BCUT2D eigenvalue weighted by molar-refractivity contribution is -0.143. The van der Waals surface area contributed by atoms with Crippen molar-refractivity contribution in [2.45, 2.75) is 398 Å². The van der Waals surface area contributed by atoms with E-state index in [0.717, 1.165) is 44.9 Å². The number of hydrogen-bond donors (Lipinski definition) is 3. The van der Waals surface area contributed by atoms with Crippen LogP contribution in [0, 0.1) is 0 Å². The number of ether oxygens (including phenoxy) is 1. The van der Waals surface area contributed by atoms with Crippen LogP contribution in [0.3, 0.4) is 0 Å². The first-order valence-electron chi connectivity index (χ1n) is 34.6. The molecule has 450 valence electrons. The largest absolute Gasteiger partial charge is 0.466 e. The molecule has 0 saturated heterocycles. The molecule has 0 radical (unpaired) electrons. The Balaban J connectivity index is 3.36. The molecule has 0 heterocycles. The molecule has 0 aromatic rings. The van der Waals surface area contributed by atoms with Crippen LogP contribution in [0.5, 0.6) is 0 Å². The van der Waals surface area contributed by atoms with E-state index in [1.54, 1.807) is 6.08 Å². The highest BCUT2D eigenvalue weighted by molar-refractivity contribution is 5.76. The summed E-state index contributed by atoms with van der Waals surface area (Å²) in [5, 5.41) is 23.2. The average molecular weight is 1070 g/mol. The van der Waals surface area contributed by atoms with Crippen molar-refractivity contribution in [3.8, 4) is 0 Å². The molecule has 3 N–H and O–H groups in total. The first-order valence-corrected chi connectivity index (χ1v) is 34.6. The fourth-order valence-corrected chi connectivity index (χ4v) is 10.9. The van der Waals surface area contributed by atoms with Crippen LogP contribution in [0.15, 0.2) is 24.3 Å². The number of unbranched alkanes of at least 4 members (excludes halogenated alkanes) is 52. The zero-order chi connectivity index (χ0) is 55.0. The minimum atomic E-state index is -0.842. The minimum absolute atomic E-state index is 0.00950. The highest BCUT2D eigenvalue weighted by atomic mass is 16.5. The number of hydrogen-bond acceptors (Lipinski definition) is 5. The number of nitrogens with one attached hydrogen (secondary N) is 1. The number of esters is 1. The second kappa shape index (κ2) is 65.9. The average Bonchev–Trinajstić information content (AvgIpc) is 3.42. The lowest BCUT2D eigenvalue weighted by atomic mass is 10.0. The molecule has 0 fully saturated rings. The summed E-state index contributed by atoms with van der Waals surface area (Å²) >= 11 is 0. The molecule has 1 amide bonds. The number of aliphatic hydroxyl groups is 2. The van der Waals surface area contributed by atoms with Gasteiger partial charge >= 0.3 is 5.97 Å². The van der Waals surface area contributed by atoms with Crippen LogP contribution >= 0.6 is 0 Å². The second-order valence-electron chi connectivity index (χ2n) is 23.9. The molecule has 0 aromatic carbocycles. The molecule has 0 aliphatic heterocycles. The van der Waals surface area contributed by atoms with Gasteiger partial charge in [0, 0.05) is 12.8 Å². The fourth-order valence-electron chi connectivity index (χ4n) is 10.9. The van der Waals surface area contributed by atoms with Gasteiger partial charge < -0.3 is 20.3 Å². The lowest BCUT2D eigenvalue weighted by Crippen LogP contribution is -2.45. The molecule has 0 rings (SSSR count). The monoisotopic (exact) mass is 1070 g/mol. The molecule has 6 heteroatoms. The molecular formula is C70H135NO5. The number of aliphatic hydroxyl groups excluding tert-OH is 2.